The number of hydrogen-bond acceptors (Lipinski definition) is 5. The molecule has 3 unspecified atom stereocenters. The van der Waals surface area contributed by atoms with Gasteiger partial charge in [0.25, 0.3) is 0 Å². The first-order valence-corrected chi connectivity index (χ1v) is 10.00. The van der Waals surface area contributed by atoms with Crippen LogP contribution in [0.25, 0.3) is 0 Å². The van der Waals surface area contributed by atoms with Crippen molar-refractivity contribution in [1.82, 2.24) is 20.9 Å². The molecular formula is C21H27FN4O2. The van der Waals surface area contributed by atoms with E-state index in [0.717, 1.165) is 42.8 Å². The molecule has 0 saturated carbocycles. The molecule has 0 radical (unpaired) electrons. The second kappa shape index (κ2) is 8.01. The fraction of sp³-hybridized carbons (Fsp3) is 0.524. The summed E-state index contributed by atoms with van der Waals surface area (Å²) in [5, 5.41) is 4.11. The van der Waals surface area contributed by atoms with Crippen molar-refractivity contribution in [3.63, 3.8) is 0 Å². The first-order valence-electron chi connectivity index (χ1n) is 10.00. The third-order valence-corrected chi connectivity index (χ3v) is 6.14. The van der Waals surface area contributed by atoms with Gasteiger partial charge >= 0.3 is 0 Å². The number of benzene rings is 1. The summed E-state index contributed by atoms with van der Waals surface area (Å²) in [4.78, 5) is 15.0. The number of halogens is 1. The molecule has 3 atom stereocenters. The molecule has 150 valence electrons. The largest absolute Gasteiger partial charge is 0.360 e. The Morgan fingerprint density at radius 2 is 2.14 bits per heavy atom. The van der Waals surface area contributed by atoms with Crippen LogP contribution in [0.15, 0.2) is 28.8 Å². The molecule has 0 bridgehead atoms. The Hall–Kier alpha value is -2.25. The number of aryl methyl sites for hydroxylation is 1. The fourth-order valence-electron chi connectivity index (χ4n) is 4.46. The summed E-state index contributed by atoms with van der Waals surface area (Å²) in [6.45, 7) is 5.40. The van der Waals surface area contributed by atoms with Gasteiger partial charge in [-0.1, -0.05) is 23.4 Å². The summed E-state index contributed by atoms with van der Waals surface area (Å²) in [6.07, 6.45) is 3.07. The highest BCUT2D eigenvalue weighted by Crippen LogP contribution is 2.33. The van der Waals surface area contributed by atoms with E-state index in [-0.39, 0.29) is 36.1 Å². The zero-order chi connectivity index (χ0) is 19.7. The topological polar surface area (TPSA) is 70.4 Å². The molecule has 1 aromatic carbocycles. The molecule has 2 aliphatic rings. The Morgan fingerprint density at radius 1 is 1.32 bits per heavy atom. The standard InChI is InChI=1S/C21H27FN4O2/c1-13-14(2)25-28-21(13)16-12-23-24-20(16)18-9-5-6-10-26(18)19(27)11-15-7-3-4-8-17(15)22/h3-4,7-8,16,18,20,23-24H,5-6,9-12H2,1-2H3. The number of hydrazine groups is 1. The summed E-state index contributed by atoms with van der Waals surface area (Å²) < 4.78 is 19.7. The number of carbonyl (C=O) groups excluding carboxylic acids is 1. The lowest BCUT2D eigenvalue weighted by Crippen LogP contribution is -2.55. The van der Waals surface area contributed by atoms with Crippen molar-refractivity contribution in [3.8, 4) is 0 Å². The molecule has 28 heavy (non-hydrogen) atoms. The second-order valence-electron chi connectivity index (χ2n) is 7.83. The molecule has 2 fully saturated rings. The van der Waals surface area contributed by atoms with Crippen LogP contribution in [0.3, 0.4) is 0 Å². The van der Waals surface area contributed by atoms with Crippen molar-refractivity contribution < 1.29 is 13.7 Å². The van der Waals surface area contributed by atoms with Gasteiger partial charge in [0.15, 0.2) is 0 Å². The molecule has 0 aliphatic carbocycles. The van der Waals surface area contributed by atoms with Gasteiger partial charge in [-0.15, -0.1) is 0 Å². The summed E-state index contributed by atoms with van der Waals surface area (Å²) in [5.41, 5.74) is 9.02. The number of rotatable bonds is 4. The van der Waals surface area contributed by atoms with Crippen LogP contribution in [0.5, 0.6) is 0 Å². The zero-order valence-electron chi connectivity index (χ0n) is 16.4. The van der Waals surface area contributed by atoms with Crippen molar-refractivity contribution >= 4 is 5.91 Å². The first kappa shape index (κ1) is 19.1. The van der Waals surface area contributed by atoms with Crippen LogP contribution in [0.4, 0.5) is 4.39 Å². The smallest absolute Gasteiger partial charge is 0.227 e. The number of nitrogens with one attached hydrogen (secondary N) is 2. The minimum absolute atomic E-state index is 0.0206. The Labute approximate surface area is 164 Å². The summed E-state index contributed by atoms with van der Waals surface area (Å²) in [5.74, 6) is 0.642. The van der Waals surface area contributed by atoms with Crippen LogP contribution in [-0.2, 0) is 11.2 Å². The van der Waals surface area contributed by atoms with E-state index in [1.807, 2.05) is 18.7 Å². The number of nitrogens with zero attached hydrogens (tertiary/aromatic N) is 2. The summed E-state index contributed by atoms with van der Waals surface area (Å²) in [7, 11) is 0. The van der Waals surface area contributed by atoms with Crippen LogP contribution >= 0.6 is 0 Å². The Kier molecular flexibility index (Phi) is 5.46. The summed E-state index contributed by atoms with van der Waals surface area (Å²) in [6, 6.07) is 6.59. The fourth-order valence-corrected chi connectivity index (χ4v) is 4.46. The molecule has 2 aromatic rings. The monoisotopic (exact) mass is 386 g/mol. The van der Waals surface area contributed by atoms with E-state index in [1.54, 1.807) is 18.2 Å². The van der Waals surface area contributed by atoms with Crippen molar-refractivity contribution in [1.29, 1.82) is 0 Å². The van der Waals surface area contributed by atoms with Gasteiger partial charge in [-0.2, -0.15) is 0 Å². The lowest BCUT2D eigenvalue weighted by Gasteiger charge is -2.40. The van der Waals surface area contributed by atoms with Crippen LogP contribution in [0.2, 0.25) is 0 Å². The van der Waals surface area contributed by atoms with Gasteiger partial charge in [0.2, 0.25) is 5.91 Å². The molecule has 2 N–H and O–H groups in total. The van der Waals surface area contributed by atoms with Crippen LogP contribution in [0.1, 0.15) is 47.8 Å². The highest BCUT2D eigenvalue weighted by atomic mass is 19.1. The lowest BCUT2D eigenvalue weighted by atomic mass is 9.85. The molecule has 4 rings (SSSR count). The van der Waals surface area contributed by atoms with E-state index in [9.17, 15) is 9.18 Å². The van der Waals surface area contributed by atoms with E-state index >= 15 is 0 Å². The number of carbonyl (C=O) groups is 1. The van der Waals surface area contributed by atoms with E-state index in [0.29, 0.717) is 12.1 Å². The zero-order valence-corrected chi connectivity index (χ0v) is 16.4. The number of amides is 1. The molecule has 1 aromatic heterocycles. The highest BCUT2D eigenvalue weighted by molar-refractivity contribution is 5.79. The second-order valence-corrected chi connectivity index (χ2v) is 7.83. The maximum Gasteiger partial charge on any atom is 0.227 e. The minimum Gasteiger partial charge on any atom is -0.360 e. The van der Waals surface area contributed by atoms with Gasteiger partial charge in [0.1, 0.15) is 11.6 Å². The Balaban J connectivity index is 1.55. The molecule has 2 aliphatic heterocycles. The van der Waals surface area contributed by atoms with Gasteiger partial charge < -0.3 is 9.42 Å². The van der Waals surface area contributed by atoms with E-state index in [4.69, 9.17) is 4.52 Å². The third kappa shape index (κ3) is 3.56. The first-order chi connectivity index (χ1) is 13.6. The van der Waals surface area contributed by atoms with Gasteiger partial charge in [-0.05, 0) is 44.7 Å². The predicted molar refractivity (Wildman–Crippen MR) is 103 cm³/mol. The number of piperidine rings is 1. The highest BCUT2D eigenvalue weighted by Gasteiger charge is 2.42. The average molecular weight is 386 g/mol. The molecule has 7 heteroatoms. The summed E-state index contributed by atoms with van der Waals surface area (Å²) >= 11 is 0. The van der Waals surface area contributed by atoms with Gasteiger partial charge in [0, 0.05) is 24.7 Å². The third-order valence-electron chi connectivity index (χ3n) is 6.14. The van der Waals surface area contributed by atoms with E-state index < -0.39 is 0 Å². The quantitative estimate of drug-likeness (QED) is 0.845. The predicted octanol–water partition coefficient (Wildman–Crippen LogP) is 2.61. The van der Waals surface area contributed by atoms with Gasteiger partial charge in [-0.25, -0.2) is 4.39 Å². The number of hydrogen-bond donors (Lipinski definition) is 2. The Bertz CT molecular complexity index is 853. The van der Waals surface area contributed by atoms with Gasteiger partial charge in [-0.3, -0.25) is 15.6 Å². The van der Waals surface area contributed by atoms with Crippen molar-refractivity contribution in [2.45, 2.75) is 57.5 Å². The molecule has 1 amide bonds. The minimum atomic E-state index is -0.323. The molecule has 2 saturated heterocycles. The average Bonchev–Trinajstić information content (AvgIpc) is 3.30. The lowest BCUT2D eigenvalue weighted by molar-refractivity contribution is -0.135. The normalized spacial score (nSPS) is 25.2. The van der Waals surface area contributed by atoms with Crippen molar-refractivity contribution in [2.75, 3.05) is 13.1 Å². The Morgan fingerprint density at radius 3 is 2.89 bits per heavy atom. The SMILES string of the molecule is Cc1noc(C2CNNC2C2CCCCN2C(=O)Cc2ccccc2F)c1C. The van der Waals surface area contributed by atoms with Crippen LogP contribution < -0.4 is 10.9 Å². The molecular weight excluding hydrogens is 359 g/mol. The van der Waals surface area contributed by atoms with Crippen LogP contribution in [0, 0.1) is 19.7 Å². The van der Waals surface area contributed by atoms with E-state index in [2.05, 4.69) is 16.0 Å². The molecule has 6 nitrogen and oxygen atoms in total. The van der Waals surface area contributed by atoms with Gasteiger partial charge in [0.05, 0.1) is 24.1 Å². The number of aromatic nitrogens is 1. The maximum atomic E-state index is 14.0. The maximum absolute atomic E-state index is 14.0. The molecule has 3 heterocycles. The number of likely N-dealkylation sites (tertiary alicyclic amines) is 1. The van der Waals surface area contributed by atoms with Crippen LogP contribution in [-0.4, -0.2) is 41.1 Å². The van der Waals surface area contributed by atoms with Crippen molar-refractivity contribution in [3.05, 3.63) is 52.7 Å². The van der Waals surface area contributed by atoms with E-state index in [1.165, 1.54) is 6.07 Å². The molecule has 0 spiro atoms. The van der Waals surface area contributed by atoms with Crippen molar-refractivity contribution in [2.24, 2.45) is 0 Å².